The number of hydrogen-bond acceptors (Lipinski definition) is 5. The molecule has 3 rings (SSSR count). The molecule has 0 aliphatic rings. The van der Waals surface area contributed by atoms with Gasteiger partial charge in [0.25, 0.3) is 10.0 Å². The van der Waals surface area contributed by atoms with Gasteiger partial charge in [-0.15, -0.1) is 0 Å². The summed E-state index contributed by atoms with van der Waals surface area (Å²) in [4.78, 5) is 13.0. The van der Waals surface area contributed by atoms with Gasteiger partial charge in [-0.05, 0) is 61.5 Å². The van der Waals surface area contributed by atoms with E-state index in [4.69, 9.17) is 21.1 Å². The molecule has 1 unspecified atom stereocenters. The van der Waals surface area contributed by atoms with Crippen LogP contribution in [0.1, 0.15) is 18.5 Å². The predicted molar refractivity (Wildman–Crippen MR) is 129 cm³/mol. The van der Waals surface area contributed by atoms with Gasteiger partial charge in [0, 0.05) is 10.6 Å². The number of ether oxygens (including phenoxy) is 2. The highest BCUT2D eigenvalue weighted by atomic mass is 35.5. The first-order valence-corrected chi connectivity index (χ1v) is 11.9. The van der Waals surface area contributed by atoms with Crippen molar-refractivity contribution in [1.82, 2.24) is 5.32 Å². The first-order valence-electron chi connectivity index (χ1n) is 10.1. The lowest BCUT2D eigenvalue weighted by atomic mass is 10.1. The molecule has 33 heavy (non-hydrogen) atoms. The molecule has 0 aliphatic heterocycles. The SMILES string of the molecule is COc1ccc(OC)c(C(C)NC(=O)CN(c2ccccc2)S(=O)(=O)c2ccc(Cl)cc2)c1. The van der Waals surface area contributed by atoms with Crippen LogP contribution in [-0.4, -0.2) is 35.1 Å². The van der Waals surface area contributed by atoms with E-state index in [0.29, 0.717) is 27.8 Å². The second kappa shape index (κ2) is 10.6. The van der Waals surface area contributed by atoms with Crippen LogP contribution in [-0.2, 0) is 14.8 Å². The van der Waals surface area contributed by atoms with Crippen LogP contribution in [0, 0.1) is 0 Å². The van der Waals surface area contributed by atoms with Crippen molar-refractivity contribution >= 4 is 33.2 Å². The third-order valence-electron chi connectivity index (χ3n) is 5.01. The van der Waals surface area contributed by atoms with Gasteiger partial charge in [0.15, 0.2) is 0 Å². The number of rotatable bonds is 9. The maximum Gasteiger partial charge on any atom is 0.264 e. The average molecular weight is 489 g/mol. The minimum atomic E-state index is -4.02. The number of carbonyl (C=O) groups excluding carboxylic acids is 1. The summed E-state index contributed by atoms with van der Waals surface area (Å²) in [5, 5.41) is 3.27. The molecule has 0 aromatic heterocycles. The van der Waals surface area contributed by atoms with E-state index in [2.05, 4.69) is 5.32 Å². The van der Waals surface area contributed by atoms with E-state index in [-0.39, 0.29) is 4.90 Å². The molecule has 1 N–H and O–H groups in total. The molecular formula is C24H25ClN2O5S. The molecule has 0 fully saturated rings. The van der Waals surface area contributed by atoms with E-state index < -0.39 is 28.5 Å². The number of methoxy groups -OCH3 is 2. The third-order valence-corrected chi connectivity index (χ3v) is 7.05. The highest BCUT2D eigenvalue weighted by molar-refractivity contribution is 7.92. The molecule has 0 radical (unpaired) electrons. The van der Waals surface area contributed by atoms with Crippen molar-refractivity contribution in [2.45, 2.75) is 17.9 Å². The quantitative estimate of drug-likeness (QED) is 0.481. The number of anilines is 1. The second-order valence-corrected chi connectivity index (χ2v) is 9.50. The molecule has 7 nitrogen and oxygen atoms in total. The molecular weight excluding hydrogens is 464 g/mol. The van der Waals surface area contributed by atoms with Gasteiger partial charge in [-0.1, -0.05) is 29.8 Å². The van der Waals surface area contributed by atoms with Crippen LogP contribution >= 0.6 is 11.6 Å². The Morgan fingerprint density at radius 1 is 1.00 bits per heavy atom. The van der Waals surface area contributed by atoms with Crippen LogP contribution in [0.2, 0.25) is 5.02 Å². The molecule has 3 aromatic rings. The van der Waals surface area contributed by atoms with Crippen LogP contribution in [0.25, 0.3) is 0 Å². The first-order chi connectivity index (χ1) is 15.8. The van der Waals surface area contributed by atoms with Crippen molar-refractivity contribution < 1.29 is 22.7 Å². The van der Waals surface area contributed by atoms with Gasteiger partial charge in [0.2, 0.25) is 5.91 Å². The second-order valence-electron chi connectivity index (χ2n) is 7.20. The molecule has 1 atom stereocenters. The maximum absolute atomic E-state index is 13.4. The number of nitrogens with zero attached hydrogens (tertiary/aromatic N) is 1. The number of sulfonamides is 1. The molecule has 0 saturated heterocycles. The van der Waals surface area contributed by atoms with E-state index >= 15 is 0 Å². The Labute approximate surface area is 198 Å². The molecule has 9 heteroatoms. The Bertz CT molecular complexity index is 1200. The van der Waals surface area contributed by atoms with Crippen LogP contribution in [0.3, 0.4) is 0 Å². The van der Waals surface area contributed by atoms with E-state index in [1.54, 1.807) is 62.6 Å². The summed E-state index contributed by atoms with van der Waals surface area (Å²) in [5.74, 6) is 0.717. The number of hydrogen-bond donors (Lipinski definition) is 1. The fourth-order valence-electron chi connectivity index (χ4n) is 3.32. The van der Waals surface area contributed by atoms with Crippen LogP contribution < -0.4 is 19.1 Å². The fourth-order valence-corrected chi connectivity index (χ4v) is 4.86. The van der Waals surface area contributed by atoms with Crippen LogP contribution in [0.4, 0.5) is 5.69 Å². The van der Waals surface area contributed by atoms with E-state index in [0.717, 1.165) is 4.31 Å². The minimum Gasteiger partial charge on any atom is -0.497 e. The van der Waals surface area contributed by atoms with Crippen molar-refractivity contribution in [2.75, 3.05) is 25.1 Å². The van der Waals surface area contributed by atoms with Gasteiger partial charge in [-0.2, -0.15) is 0 Å². The lowest BCUT2D eigenvalue weighted by molar-refractivity contribution is -0.120. The summed E-state index contributed by atoms with van der Waals surface area (Å²) in [6.45, 7) is 1.38. The Hall–Kier alpha value is -3.23. The lowest BCUT2D eigenvalue weighted by Crippen LogP contribution is -2.41. The summed E-state index contributed by atoms with van der Waals surface area (Å²) in [7, 11) is -0.934. The van der Waals surface area contributed by atoms with Crippen molar-refractivity contribution in [3.63, 3.8) is 0 Å². The minimum absolute atomic E-state index is 0.0334. The van der Waals surface area contributed by atoms with Gasteiger partial charge in [-0.25, -0.2) is 8.42 Å². The van der Waals surface area contributed by atoms with E-state index in [1.165, 1.54) is 31.4 Å². The Morgan fingerprint density at radius 3 is 2.27 bits per heavy atom. The molecule has 0 saturated carbocycles. The standard InChI is InChI=1S/C24H25ClN2O5S/c1-17(22-15-20(31-2)11-14-23(22)32-3)26-24(28)16-27(19-7-5-4-6-8-19)33(29,30)21-12-9-18(25)10-13-21/h4-15,17H,16H2,1-3H3,(H,26,28). The van der Waals surface area contributed by atoms with E-state index in [1.807, 2.05) is 0 Å². The Balaban J connectivity index is 1.88. The fraction of sp³-hybridized carbons (Fsp3) is 0.208. The summed E-state index contributed by atoms with van der Waals surface area (Å²) >= 11 is 5.91. The maximum atomic E-state index is 13.4. The van der Waals surface area contributed by atoms with Gasteiger partial charge in [-0.3, -0.25) is 9.10 Å². The van der Waals surface area contributed by atoms with Crippen LogP contribution in [0.15, 0.2) is 77.7 Å². The zero-order valence-electron chi connectivity index (χ0n) is 18.5. The number of carbonyl (C=O) groups is 1. The summed E-state index contributed by atoms with van der Waals surface area (Å²) in [5.41, 5.74) is 1.08. The number of para-hydroxylation sites is 1. The predicted octanol–water partition coefficient (Wildman–Crippen LogP) is 4.43. The Morgan fingerprint density at radius 2 is 1.67 bits per heavy atom. The van der Waals surface area contributed by atoms with Crippen molar-refractivity contribution in [3.8, 4) is 11.5 Å². The van der Waals surface area contributed by atoms with E-state index in [9.17, 15) is 13.2 Å². The molecule has 174 valence electrons. The lowest BCUT2D eigenvalue weighted by Gasteiger charge is -2.25. The Kier molecular flexibility index (Phi) is 7.84. The third kappa shape index (κ3) is 5.77. The number of halogens is 1. The monoisotopic (exact) mass is 488 g/mol. The zero-order chi connectivity index (χ0) is 24.0. The highest BCUT2D eigenvalue weighted by Gasteiger charge is 2.28. The average Bonchev–Trinajstić information content (AvgIpc) is 2.82. The molecule has 0 aliphatic carbocycles. The number of benzene rings is 3. The van der Waals surface area contributed by atoms with Gasteiger partial charge >= 0.3 is 0 Å². The largest absolute Gasteiger partial charge is 0.497 e. The summed E-state index contributed by atoms with van der Waals surface area (Å²) < 4.78 is 38.5. The summed E-state index contributed by atoms with van der Waals surface area (Å²) in [6.07, 6.45) is 0. The van der Waals surface area contributed by atoms with Gasteiger partial charge < -0.3 is 14.8 Å². The van der Waals surface area contributed by atoms with Crippen LogP contribution in [0.5, 0.6) is 11.5 Å². The first kappa shape index (κ1) is 24.4. The van der Waals surface area contributed by atoms with Crippen molar-refractivity contribution in [1.29, 1.82) is 0 Å². The smallest absolute Gasteiger partial charge is 0.264 e. The number of amides is 1. The molecule has 0 heterocycles. The van der Waals surface area contributed by atoms with Crippen molar-refractivity contribution in [2.24, 2.45) is 0 Å². The van der Waals surface area contributed by atoms with Gasteiger partial charge in [0.05, 0.1) is 30.8 Å². The molecule has 0 spiro atoms. The number of nitrogens with one attached hydrogen (secondary N) is 1. The normalized spacial score (nSPS) is 12.0. The molecule has 3 aromatic carbocycles. The molecule has 1 amide bonds. The zero-order valence-corrected chi connectivity index (χ0v) is 20.1. The summed E-state index contributed by atoms with van der Waals surface area (Å²) in [6, 6.07) is 19.1. The van der Waals surface area contributed by atoms with Crippen molar-refractivity contribution in [3.05, 3.63) is 83.4 Å². The van der Waals surface area contributed by atoms with Gasteiger partial charge in [0.1, 0.15) is 18.0 Å². The molecule has 0 bridgehead atoms. The topological polar surface area (TPSA) is 84.9 Å². The highest BCUT2D eigenvalue weighted by Crippen LogP contribution is 2.29.